The predicted molar refractivity (Wildman–Crippen MR) is 134 cm³/mol. The summed E-state index contributed by atoms with van der Waals surface area (Å²) in [6.07, 6.45) is -5.28. The van der Waals surface area contributed by atoms with E-state index >= 15 is 0 Å². The number of ether oxygens (including phenoxy) is 2. The first kappa shape index (κ1) is 28.6. The van der Waals surface area contributed by atoms with Crippen molar-refractivity contribution in [2.45, 2.75) is 62.7 Å². The van der Waals surface area contributed by atoms with E-state index in [9.17, 15) is 45.0 Å². The second-order valence-electron chi connectivity index (χ2n) is 9.83. The maximum absolute atomic E-state index is 13.6. The van der Waals surface area contributed by atoms with Crippen LogP contribution in [-0.2, 0) is 16.0 Å². The van der Waals surface area contributed by atoms with Crippen molar-refractivity contribution in [1.29, 1.82) is 0 Å². The molecule has 0 aliphatic heterocycles. The van der Waals surface area contributed by atoms with E-state index in [1.54, 1.807) is 6.92 Å². The van der Waals surface area contributed by atoms with Crippen molar-refractivity contribution >= 4 is 17.3 Å². The Morgan fingerprint density at radius 2 is 1.79 bits per heavy atom. The number of methoxy groups -OCH3 is 1. The Labute approximate surface area is 223 Å². The average Bonchev–Trinajstić information content (AvgIpc) is 2.91. The number of rotatable bonds is 9. The summed E-state index contributed by atoms with van der Waals surface area (Å²) in [6, 6.07) is 3.40. The highest BCUT2D eigenvalue weighted by atomic mass is 16.6. The lowest BCUT2D eigenvalue weighted by Gasteiger charge is -2.39. The van der Waals surface area contributed by atoms with Crippen LogP contribution in [-0.4, -0.2) is 85.7 Å². The summed E-state index contributed by atoms with van der Waals surface area (Å²) < 4.78 is 10.9. The van der Waals surface area contributed by atoms with E-state index in [1.165, 1.54) is 25.3 Å². The first-order chi connectivity index (χ1) is 18.4. The Balaban J connectivity index is 1.89. The van der Waals surface area contributed by atoms with Gasteiger partial charge in [0, 0.05) is 42.0 Å². The molecule has 12 nitrogen and oxygen atoms in total. The Kier molecular flexibility index (Phi) is 7.81. The number of nitrogens with two attached hydrogens (primary N) is 1. The minimum atomic E-state index is -2.31. The fourth-order valence-corrected chi connectivity index (χ4v) is 5.33. The maximum Gasteiger partial charge on any atom is 0.202 e. The summed E-state index contributed by atoms with van der Waals surface area (Å²) in [5.41, 5.74) is 1.87. The van der Waals surface area contributed by atoms with Gasteiger partial charge in [0.2, 0.25) is 5.78 Å². The maximum atomic E-state index is 13.6. The summed E-state index contributed by atoms with van der Waals surface area (Å²) >= 11 is 0. The van der Waals surface area contributed by atoms with Crippen molar-refractivity contribution in [3.05, 3.63) is 51.6 Å². The molecule has 0 fully saturated rings. The van der Waals surface area contributed by atoms with Gasteiger partial charge in [-0.05, 0) is 12.5 Å². The molecule has 2 aromatic carbocycles. The normalized spacial score (nSPS) is 22.4. The van der Waals surface area contributed by atoms with Gasteiger partial charge in [0.05, 0.1) is 36.0 Å². The molecule has 12 heteroatoms. The lowest BCUT2D eigenvalue weighted by Crippen LogP contribution is -2.48. The number of fused-ring (bicyclic) bond motifs is 3. The number of aromatic hydroxyl groups is 2. The van der Waals surface area contributed by atoms with Crippen molar-refractivity contribution < 1.29 is 54.5 Å². The fraction of sp³-hybridized carbons (Fsp3) is 0.444. The van der Waals surface area contributed by atoms with Crippen LogP contribution in [0.15, 0.2) is 18.2 Å². The van der Waals surface area contributed by atoms with Crippen LogP contribution in [0.2, 0.25) is 0 Å². The Bertz CT molecular complexity index is 1340. The minimum absolute atomic E-state index is 0.0720. The molecule has 2 aromatic rings. The van der Waals surface area contributed by atoms with Gasteiger partial charge >= 0.3 is 0 Å². The van der Waals surface area contributed by atoms with Gasteiger partial charge in [-0.2, -0.15) is 0 Å². The van der Waals surface area contributed by atoms with Crippen LogP contribution in [0, 0.1) is 0 Å². The molecule has 2 aliphatic rings. The largest absolute Gasteiger partial charge is 0.507 e. The standard InChI is InChI=1S/C27H31NO11/c1-3-14(30)13(28)7-18(32)39-16-9-27(37,17(31)10-29)8-12-20(16)26(36)22-21(24(12)34)23(33)11-5-4-6-15(38-2)19(11)25(22)35/h4-6,13-14,16,18,29-30,32,34,36-37H,3,7-10,28H2,1-2H3/t13-,14-,16-,18+,27-/m0/s1. The lowest BCUT2D eigenvalue weighted by atomic mass is 9.72. The first-order valence-electron chi connectivity index (χ1n) is 12.4. The average molecular weight is 546 g/mol. The molecule has 210 valence electrons. The van der Waals surface area contributed by atoms with E-state index in [2.05, 4.69) is 0 Å². The monoisotopic (exact) mass is 545 g/mol. The summed E-state index contributed by atoms with van der Waals surface area (Å²) in [4.78, 5) is 39.6. The van der Waals surface area contributed by atoms with Gasteiger partial charge in [0.15, 0.2) is 17.9 Å². The molecule has 8 N–H and O–H groups in total. The second kappa shape index (κ2) is 10.6. The number of hydrogen-bond donors (Lipinski definition) is 7. The number of carbonyl (C=O) groups is 3. The zero-order valence-corrected chi connectivity index (χ0v) is 21.4. The molecule has 0 radical (unpaired) electrons. The van der Waals surface area contributed by atoms with Crippen LogP contribution >= 0.6 is 0 Å². The van der Waals surface area contributed by atoms with Gasteiger partial charge in [0.25, 0.3) is 0 Å². The smallest absolute Gasteiger partial charge is 0.202 e. The van der Waals surface area contributed by atoms with Crippen LogP contribution in [0.4, 0.5) is 0 Å². The molecule has 0 aromatic heterocycles. The first-order valence-corrected chi connectivity index (χ1v) is 12.4. The number of aliphatic hydroxyl groups is 4. The van der Waals surface area contributed by atoms with Gasteiger partial charge < -0.3 is 45.8 Å². The third-order valence-corrected chi connectivity index (χ3v) is 7.45. The van der Waals surface area contributed by atoms with Crippen LogP contribution in [0.3, 0.4) is 0 Å². The van der Waals surface area contributed by atoms with Crippen molar-refractivity contribution in [3.8, 4) is 17.2 Å². The molecular weight excluding hydrogens is 514 g/mol. The Morgan fingerprint density at radius 1 is 1.13 bits per heavy atom. The Hall–Kier alpha value is -3.39. The van der Waals surface area contributed by atoms with Gasteiger partial charge in [-0.1, -0.05) is 19.1 Å². The molecule has 2 aliphatic carbocycles. The number of ketones is 3. The summed E-state index contributed by atoms with van der Waals surface area (Å²) in [5.74, 6) is -4.05. The predicted octanol–water partition coefficient (Wildman–Crippen LogP) is -0.0151. The summed E-state index contributed by atoms with van der Waals surface area (Å²) in [6.45, 7) is 0.627. The molecule has 0 bridgehead atoms. The number of aliphatic hydroxyl groups excluding tert-OH is 3. The van der Waals surface area contributed by atoms with E-state index < -0.39 is 89.6 Å². The third kappa shape index (κ3) is 4.69. The highest BCUT2D eigenvalue weighted by Gasteiger charge is 2.49. The van der Waals surface area contributed by atoms with E-state index in [4.69, 9.17) is 15.2 Å². The zero-order chi connectivity index (χ0) is 28.8. The SMILES string of the molecule is CC[C@H](O)[C@@H](N)C[C@H](O)O[C@H]1C[C@](O)(C(=O)CO)Cc2c(O)c3c(c(O)c21)C(=O)c1c(OC)cccc1C3=O. The van der Waals surface area contributed by atoms with E-state index in [-0.39, 0.29) is 34.4 Å². The number of carbonyl (C=O) groups excluding carboxylic acids is 3. The summed E-state index contributed by atoms with van der Waals surface area (Å²) in [7, 11) is 1.30. The van der Waals surface area contributed by atoms with Gasteiger partial charge in [0.1, 0.15) is 29.5 Å². The third-order valence-electron chi connectivity index (χ3n) is 7.45. The Morgan fingerprint density at radius 3 is 2.41 bits per heavy atom. The molecule has 5 atom stereocenters. The van der Waals surface area contributed by atoms with Crippen LogP contribution in [0.5, 0.6) is 17.2 Å². The quantitative estimate of drug-likeness (QED) is 0.139. The molecule has 0 saturated heterocycles. The molecule has 0 saturated carbocycles. The van der Waals surface area contributed by atoms with Crippen molar-refractivity contribution in [1.82, 2.24) is 0 Å². The van der Waals surface area contributed by atoms with E-state index in [0.29, 0.717) is 6.42 Å². The van der Waals surface area contributed by atoms with Gasteiger partial charge in [-0.15, -0.1) is 0 Å². The van der Waals surface area contributed by atoms with Crippen LogP contribution < -0.4 is 10.5 Å². The fourth-order valence-electron chi connectivity index (χ4n) is 5.33. The molecular formula is C27H31NO11. The number of hydrogen-bond acceptors (Lipinski definition) is 12. The van der Waals surface area contributed by atoms with Crippen molar-refractivity contribution in [2.24, 2.45) is 5.73 Å². The lowest BCUT2D eigenvalue weighted by molar-refractivity contribution is -0.174. The van der Waals surface area contributed by atoms with Crippen molar-refractivity contribution in [2.75, 3.05) is 13.7 Å². The molecule has 39 heavy (non-hydrogen) atoms. The number of phenolic OH excluding ortho intramolecular Hbond substituents is 2. The van der Waals surface area contributed by atoms with E-state index in [1.807, 2.05) is 0 Å². The highest BCUT2D eigenvalue weighted by molar-refractivity contribution is 6.31. The number of phenols is 2. The molecule has 0 heterocycles. The second-order valence-corrected chi connectivity index (χ2v) is 9.83. The summed E-state index contributed by atoms with van der Waals surface area (Å²) in [5, 5.41) is 63.8. The minimum Gasteiger partial charge on any atom is -0.507 e. The number of benzene rings is 2. The molecule has 0 unspecified atom stereocenters. The van der Waals surface area contributed by atoms with Crippen LogP contribution in [0.1, 0.15) is 75.3 Å². The molecule has 0 amide bonds. The number of Topliss-reactive ketones (excluding diaryl/α,β-unsaturated/α-hetero) is 1. The molecule has 4 rings (SSSR count). The van der Waals surface area contributed by atoms with Crippen LogP contribution in [0.25, 0.3) is 0 Å². The van der Waals surface area contributed by atoms with Gasteiger partial charge in [-0.3, -0.25) is 14.4 Å². The highest BCUT2D eigenvalue weighted by Crippen LogP contribution is 2.52. The van der Waals surface area contributed by atoms with Gasteiger partial charge in [-0.25, -0.2) is 0 Å². The molecule has 0 spiro atoms. The zero-order valence-electron chi connectivity index (χ0n) is 21.4. The van der Waals surface area contributed by atoms with Crippen molar-refractivity contribution in [3.63, 3.8) is 0 Å². The van der Waals surface area contributed by atoms with E-state index in [0.717, 1.165) is 0 Å². The topological polar surface area (TPSA) is 217 Å².